The number of hydrogen-bond donors (Lipinski definition) is 1. The molecule has 1 heterocycles. The Morgan fingerprint density at radius 3 is 2.70 bits per heavy atom. The number of para-hydroxylation sites is 1. The average Bonchev–Trinajstić information content (AvgIpc) is 2.78. The summed E-state index contributed by atoms with van der Waals surface area (Å²) in [4.78, 5) is 30.8. The molecule has 174 valence electrons. The fraction of sp³-hybridized carbons (Fsp3) is 0.400. The molecule has 5 nitrogen and oxygen atoms in total. The Labute approximate surface area is 195 Å². The van der Waals surface area contributed by atoms with Crippen molar-refractivity contribution in [1.82, 2.24) is 14.9 Å². The van der Waals surface area contributed by atoms with Gasteiger partial charge < -0.3 is 5.32 Å². The molecule has 0 aliphatic heterocycles. The van der Waals surface area contributed by atoms with Gasteiger partial charge in [-0.2, -0.15) is 0 Å². The van der Waals surface area contributed by atoms with E-state index in [-0.39, 0.29) is 22.8 Å². The second kappa shape index (κ2) is 9.63. The molecule has 1 aromatic heterocycles. The molecule has 0 bridgehead atoms. The van der Waals surface area contributed by atoms with Crippen molar-refractivity contribution in [3.05, 3.63) is 64.5 Å². The number of benzene rings is 2. The van der Waals surface area contributed by atoms with Gasteiger partial charge in [0.25, 0.3) is 5.56 Å². The fourth-order valence-corrected chi connectivity index (χ4v) is 5.29. The minimum absolute atomic E-state index is 0.102. The summed E-state index contributed by atoms with van der Waals surface area (Å²) < 4.78 is 29.3. The lowest BCUT2D eigenvalue weighted by molar-refractivity contribution is -0.121. The zero-order valence-electron chi connectivity index (χ0n) is 18.8. The maximum absolute atomic E-state index is 14.7. The van der Waals surface area contributed by atoms with Gasteiger partial charge in [-0.05, 0) is 49.4 Å². The highest BCUT2D eigenvalue weighted by molar-refractivity contribution is 8.00. The van der Waals surface area contributed by atoms with Crippen LogP contribution in [0.5, 0.6) is 0 Å². The first kappa shape index (κ1) is 23.4. The molecule has 1 saturated carbocycles. The number of thioether (sulfide) groups is 1. The molecule has 1 amide bonds. The molecule has 0 spiro atoms. The summed E-state index contributed by atoms with van der Waals surface area (Å²) in [6, 6.07) is 9.90. The minimum Gasteiger partial charge on any atom is -0.352 e. The van der Waals surface area contributed by atoms with E-state index in [1.54, 1.807) is 31.2 Å². The maximum Gasteiger partial charge on any atom is 0.266 e. The topological polar surface area (TPSA) is 64.0 Å². The van der Waals surface area contributed by atoms with E-state index >= 15 is 0 Å². The SMILES string of the molecule is C[C@@H]1[C@H](C)CCC[C@@H]1NC(=O)[C@@H](C)Sc1nc2ccccc2c(=O)n1-c1ccc(F)cc1F. The zero-order valence-corrected chi connectivity index (χ0v) is 19.7. The summed E-state index contributed by atoms with van der Waals surface area (Å²) in [7, 11) is 0. The summed E-state index contributed by atoms with van der Waals surface area (Å²) in [5, 5.41) is 3.07. The first-order valence-electron chi connectivity index (χ1n) is 11.2. The Morgan fingerprint density at radius 1 is 1.18 bits per heavy atom. The summed E-state index contributed by atoms with van der Waals surface area (Å²) in [6.07, 6.45) is 3.18. The molecule has 8 heteroatoms. The minimum atomic E-state index is -0.877. The molecule has 4 atom stereocenters. The Balaban J connectivity index is 1.69. The molecular weight excluding hydrogens is 444 g/mol. The van der Waals surface area contributed by atoms with E-state index < -0.39 is 22.4 Å². The maximum atomic E-state index is 14.7. The lowest BCUT2D eigenvalue weighted by Crippen LogP contribution is -2.46. The predicted molar refractivity (Wildman–Crippen MR) is 127 cm³/mol. The van der Waals surface area contributed by atoms with Crippen LogP contribution in [0.25, 0.3) is 16.6 Å². The van der Waals surface area contributed by atoms with Crippen LogP contribution in [0.2, 0.25) is 0 Å². The predicted octanol–water partition coefficient (Wildman–Crippen LogP) is 5.09. The van der Waals surface area contributed by atoms with Gasteiger partial charge >= 0.3 is 0 Å². The molecule has 0 unspecified atom stereocenters. The van der Waals surface area contributed by atoms with Crippen molar-refractivity contribution in [2.75, 3.05) is 0 Å². The highest BCUT2D eigenvalue weighted by Gasteiger charge is 2.30. The largest absolute Gasteiger partial charge is 0.352 e. The number of nitrogens with zero attached hydrogens (tertiary/aromatic N) is 2. The van der Waals surface area contributed by atoms with E-state index in [1.165, 1.54) is 6.07 Å². The second-order valence-electron chi connectivity index (χ2n) is 8.79. The Bertz CT molecular complexity index is 1250. The lowest BCUT2D eigenvalue weighted by Gasteiger charge is -2.35. The quantitative estimate of drug-likeness (QED) is 0.416. The van der Waals surface area contributed by atoms with E-state index in [0.29, 0.717) is 22.7 Å². The van der Waals surface area contributed by atoms with E-state index in [1.807, 2.05) is 0 Å². The molecule has 3 aromatic rings. The molecule has 2 aromatic carbocycles. The van der Waals surface area contributed by atoms with E-state index in [0.717, 1.165) is 47.7 Å². The van der Waals surface area contributed by atoms with Crippen molar-refractivity contribution in [3.8, 4) is 5.69 Å². The average molecular weight is 472 g/mol. The normalized spacial score (nSPS) is 21.7. The van der Waals surface area contributed by atoms with Crippen molar-refractivity contribution >= 4 is 28.6 Å². The monoisotopic (exact) mass is 471 g/mol. The van der Waals surface area contributed by atoms with E-state index in [4.69, 9.17) is 0 Å². The smallest absolute Gasteiger partial charge is 0.266 e. The van der Waals surface area contributed by atoms with Crippen LogP contribution in [-0.4, -0.2) is 26.8 Å². The van der Waals surface area contributed by atoms with Crippen molar-refractivity contribution in [3.63, 3.8) is 0 Å². The number of fused-ring (bicyclic) bond motifs is 1. The third-order valence-corrected chi connectivity index (χ3v) is 7.63. The van der Waals surface area contributed by atoms with Crippen LogP contribution in [0.3, 0.4) is 0 Å². The van der Waals surface area contributed by atoms with Gasteiger partial charge in [-0.25, -0.2) is 13.8 Å². The Kier molecular flexibility index (Phi) is 6.83. The van der Waals surface area contributed by atoms with Crippen LogP contribution >= 0.6 is 11.8 Å². The molecule has 1 N–H and O–H groups in total. The molecule has 33 heavy (non-hydrogen) atoms. The van der Waals surface area contributed by atoms with Gasteiger partial charge in [0.15, 0.2) is 5.16 Å². The Morgan fingerprint density at radius 2 is 1.94 bits per heavy atom. The first-order chi connectivity index (χ1) is 15.8. The zero-order chi connectivity index (χ0) is 23.7. The van der Waals surface area contributed by atoms with Crippen molar-refractivity contribution < 1.29 is 13.6 Å². The van der Waals surface area contributed by atoms with E-state index in [2.05, 4.69) is 24.1 Å². The second-order valence-corrected chi connectivity index (χ2v) is 10.1. The third-order valence-electron chi connectivity index (χ3n) is 6.58. The summed E-state index contributed by atoms with van der Waals surface area (Å²) in [5.74, 6) is -0.848. The number of amides is 1. The molecule has 1 fully saturated rings. The molecule has 0 saturated heterocycles. The van der Waals surface area contributed by atoms with Crippen LogP contribution < -0.4 is 10.9 Å². The number of halogens is 2. The van der Waals surface area contributed by atoms with Gasteiger partial charge in [0.2, 0.25) is 5.91 Å². The highest BCUT2D eigenvalue weighted by atomic mass is 32.2. The highest BCUT2D eigenvalue weighted by Crippen LogP contribution is 2.31. The van der Waals surface area contributed by atoms with Crippen LogP contribution in [0.1, 0.15) is 40.0 Å². The molecule has 4 rings (SSSR count). The summed E-state index contributed by atoms with van der Waals surface area (Å²) >= 11 is 1.09. The van der Waals surface area contributed by atoms with Crippen molar-refractivity contribution in [2.45, 2.75) is 56.5 Å². The van der Waals surface area contributed by atoms with Crippen LogP contribution in [0.15, 0.2) is 52.4 Å². The van der Waals surface area contributed by atoms with Gasteiger partial charge in [0, 0.05) is 12.1 Å². The molecule has 1 aliphatic rings. The van der Waals surface area contributed by atoms with Gasteiger partial charge in [-0.3, -0.25) is 14.2 Å². The van der Waals surface area contributed by atoms with Crippen LogP contribution in [0, 0.1) is 23.5 Å². The van der Waals surface area contributed by atoms with E-state index in [9.17, 15) is 18.4 Å². The summed E-state index contributed by atoms with van der Waals surface area (Å²) in [6.45, 7) is 6.10. The number of carbonyl (C=O) groups is 1. The number of carbonyl (C=O) groups excluding carboxylic acids is 1. The number of hydrogen-bond acceptors (Lipinski definition) is 4. The van der Waals surface area contributed by atoms with Crippen molar-refractivity contribution in [1.29, 1.82) is 0 Å². The first-order valence-corrected chi connectivity index (χ1v) is 12.1. The van der Waals surface area contributed by atoms with Crippen LogP contribution in [-0.2, 0) is 4.79 Å². The van der Waals surface area contributed by atoms with Gasteiger partial charge in [0.1, 0.15) is 11.6 Å². The number of rotatable bonds is 5. The number of nitrogens with one attached hydrogen (secondary N) is 1. The van der Waals surface area contributed by atoms with Gasteiger partial charge in [-0.15, -0.1) is 0 Å². The third kappa shape index (κ3) is 4.81. The van der Waals surface area contributed by atoms with Crippen molar-refractivity contribution in [2.24, 2.45) is 11.8 Å². The molecular formula is C25H27F2N3O2S. The number of aromatic nitrogens is 2. The standard InChI is InChI=1S/C25H27F2N3O2S/c1-14-7-6-10-20(15(14)2)28-23(31)16(3)33-25-29-21-9-5-4-8-18(21)24(32)30(25)22-12-11-17(26)13-19(22)27/h4-5,8-9,11-16,20H,6-7,10H2,1-3H3,(H,28,31)/t14-,15-,16-,20+/m1/s1. The fourth-order valence-electron chi connectivity index (χ4n) is 4.36. The summed E-state index contributed by atoms with van der Waals surface area (Å²) in [5.41, 5.74) is -0.133. The van der Waals surface area contributed by atoms with Crippen LogP contribution in [0.4, 0.5) is 8.78 Å². The van der Waals surface area contributed by atoms with Gasteiger partial charge in [-0.1, -0.05) is 50.6 Å². The molecule has 1 aliphatic carbocycles. The van der Waals surface area contributed by atoms with Gasteiger partial charge in [0.05, 0.1) is 21.8 Å². The lowest BCUT2D eigenvalue weighted by atomic mass is 9.78. The Hall–Kier alpha value is -2.74. The molecule has 0 radical (unpaired) electrons.